The SMILES string of the molecule is [NH3+]OC(=O)Cc1ccccc1Nc1c(Cl)cccc1Cl. The Balaban J connectivity index is 2.32. The second kappa shape index (κ2) is 6.61. The first kappa shape index (κ1) is 14.7. The predicted molar refractivity (Wildman–Crippen MR) is 78.9 cm³/mol. The molecule has 0 radical (unpaired) electrons. The molecule has 0 aliphatic carbocycles. The number of hydrogen-bond donors (Lipinski definition) is 2. The Hall–Kier alpha value is -1.75. The van der Waals surface area contributed by atoms with Gasteiger partial charge in [0.15, 0.2) is 0 Å². The summed E-state index contributed by atoms with van der Waals surface area (Å²) in [6.07, 6.45) is 0.120. The molecule has 0 aromatic heterocycles. The molecule has 104 valence electrons. The molecule has 2 aromatic rings. The topological polar surface area (TPSA) is 66.0 Å². The molecule has 0 spiro atoms. The molecule has 4 N–H and O–H groups in total. The van der Waals surface area contributed by atoms with E-state index in [1.165, 1.54) is 0 Å². The number of benzene rings is 2. The maximum absolute atomic E-state index is 11.4. The van der Waals surface area contributed by atoms with E-state index in [0.29, 0.717) is 15.7 Å². The van der Waals surface area contributed by atoms with Crippen molar-refractivity contribution in [1.29, 1.82) is 0 Å². The Bertz CT molecular complexity index is 612. The van der Waals surface area contributed by atoms with Gasteiger partial charge in [0.05, 0.1) is 22.2 Å². The fourth-order valence-corrected chi connectivity index (χ4v) is 2.25. The van der Waals surface area contributed by atoms with Gasteiger partial charge in [0.25, 0.3) is 0 Å². The quantitative estimate of drug-likeness (QED) is 0.853. The Morgan fingerprint density at radius 3 is 2.40 bits per heavy atom. The fraction of sp³-hybridized carbons (Fsp3) is 0.0714. The van der Waals surface area contributed by atoms with Gasteiger partial charge in [0, 0.05) is 5.69 Å². The number of carbonyl (C=O) groups is 1. The van der Waals surface area contributed by atoms with Crippen LogP contribution in [0.3, 0.4) is 0 Å². The van der Waals surface area contributed by atoms with Crippen molar-refractivity contribution in [2.45, 2.75) is 6.42 Å². The molecular weight excluding hydrogens is 299 g/mol. The highest BCUT2D eigenvalue weighted by molar-refractivity contribution is 6.39. The monoisotopic (exact) mass is 311 g/mol. The molecule has 0 atom stereocenters. The molecule has 0 fully saturated rings. The standard InChI is InChI=1S/C14H13Cl2N2O2/c15-10-5-3-6-11(16)14(10)18-12-7-2-1-4-9(12)8-13(19)20-17/h1-7,18H,8H2,17H3/q+1. The molecule has 20 heavy (non-hydrogen) atoms. The van der Waals surface area contributed by atoms with Gasteiger partial charge in [-0.2, -0.15) is 5.90 Å². The minimum Gasteiger partial charge on any atom is -0.353 e. The number of carbonyl (C=O) groups excluding carboxylic acids is 1. The van der Waals surface area contributed by atoms with Crippen LogP contribution < -0.4 is 11.2 Å². The van der Waals surface area contributed by atoms with Crippen molar-refractivity contribution >= 4 is 40.5 Å². The lowest BCUT2D eigenvalue weighted by Gasteiger charge is -2.13. The summed E-state index contributed by atoms with van der Waals surface area (Å²) in [6, 6.07) is 12.6. The highest BCUT2D eigenvalue weighted by Crippen LogP contribution is 2.33. The summed E-state index contributed by atoms with van der Waals surface area (Å²) in [6.45, 7) is 0. The van der Waals surface area contributed by atoms with E-state index < -0.39 is 5.97 Å². The third-order valence-electron chi connectivity index (χ3n) is 2.74. The molecule has 0 aliphatic rings. The zero-order chi connectivity index (χ0) is 14.5. The van der Waals surface area contributed by atoms with Gasteiger partial charge < -0.3 is 5.32 Å². The van der Waals surface area contributed by atoms with E-state index in [2.05, 4.69) is 16.1 Å². The number of halogens is 2. The van der Waals surface area contributed by atoms with E-state index in [1.807, 2.05) is 24.3 Å². The van der Waals surface area contributed by atoms with Crippen molar-refractivity contribution in [3.8, 4) is 0 Å². The third-order valence-corrected chi connectivity index (χ3v) is 3.37. The largest absolute Gasteiger partial charge is 0.370 e. The van der Waals surface area contributed by atoms with Crippen LogP contribution in [0, 0.1) is 0 Å². The van der Waals surface area contributed by atoms with Crippen LogP contribution in [0.25, 0.3) is 0 Å². The summed E-state index contributed by atoms with van der Waals surface area (Å²) < 4.78 is 0. The average Bonchev–Trinajstić information content (AvgIpc) is 2.44. The van der Waals surface area contributed by atoms with Crippen LogP contribution in [0.4, 0.5) is 11.4 Å². The van der Waals surface area contributed by atoms with E-state index in [4.69, 9.17) is 23.2 Å². The van der Waals surface area contributed by atoms with Crippen molar-refractivity contribution in [3.63, 3.8) is 0 Å². The first-order valence-corrected chi connectivity index (χ1v) is 6.61. The molecule has 0 unspecified atom stereocenters. The molecule has 6 heteroatoms. The van der Waals surface area contributed by atoms with Crippen molar-refractivity contribution in [3.05, 3.63) is 58.1 Å². The zero-order valence-corrected chi connectivity index (χ0v) is 12.0. The summed E-state index contributed by atoms with van der Waals surface area (Å²) in [5, 5.41) is 4.16. The summed E-state index contributed by atoms with van der Waals surface area (Å²) >= 11 is 12.2. The van der Waals surface area contributed by atoms with Crippen LogP contribution in [0.5, 0.6) is 0 Å². The van der Waals surface area contributed by atoms with Gasteiger partial charge in [-0.05, 0) is 23.8 Å². The molecule has 2 aromatic carbocycles. The minimum atomic E-state index is -0.412. The molecule has 0 aliphatic heterocycles. The summed E-state index contributed by atoms with van der Waals surface area (Å²) in [7, 11) is 0. The lowest BCUT2D eigenvalue weighted by molar-refractivity contribution is -0.657. The molecule has 0 saturated carbocycles. The fourth-order valence-electron chi connectivity index (χ4n) is 1.75. The number of rotatable bonds is 4. The number of para-hydroxylation sites is 2. The molecule has 0 saturated heterocycles. The first-order chi connectivity index (χ1) is 9.61. The Labute approximate surface area is 126 Å². The third kappa shape index (κ3) is 3.42. The molecular formula is C14H13Cl2N2O2+. The second-order valence-corrected chi connectivity index (χ2v) is 4.89. The maximum atomic E-state index is 11.4. The summed E-state index contributed by atoms with van der Waals surface area (Å²) in [5.41, 5.74) is 2.12. The Morgan fingerprint density at radius 1 is 1.10 bits per heavy atom. The summed E-state index contributed by atoms with van der Waals surface area (Å²) in [5.74, 6) is 2.70. The van der Waals surface area contributed by atoms with Crippen LogP contribution in [-0.2, 0) is 16.1 Å². The molecule has 0 heterocycles. The van der Waals surface area contributed by atoms with Gasteiger partial charge in [-0.25, -0.2) is 4.79 Å². The number of hydrogen-bond acceptors (Lipinski definition) is 3. The number of nitrogens with one attached hydrogen (secondary N) is 1. The van der Waals surface area contributed by atoms with E-state index >= 15 is 0 Å². The van der Waals surface area contributed by atoms with E-state index in [0.717, 1.165) is 11.3 Å². The first-order valence-electron chi connectivity index (χ1n) is 5.85. The van der Waals surface area contributed by atoms with Crippen LogP contribution in [0.1, 0.15) is 5.56 Å². The lowest BCUT2D eigenvalue weighted by atomic mass is 10.1. The molecule has 0 amide bonds. The van der Waals surface area contributed by atoms with Gasteiger partial charge in [-0.15, -0.1) is 0 Å². The van der Waals surface area contributed by atoms with E-state index in [1.54, 1.807) is 18.2 Å². The average molecular weight is 312 g/mol. The van der Waals surface area contributed by atoms with Crippen molar-refractivity contribution < 1.29 is 15.5 Å². The van der Waals surface area contributed by atoms with Crippen LogP contribution in [0.15, 0.2) is 42.5 Å². The van der Waals surface area contributed by atoms with Crippen LogP contribution in [-0.4, -0.2) is 5.97 Å². The summed E-state index contributed by atoms with van der Waals surface area (Å²) in [4.78, 5) is 15.8. The molecule has 2 rings (SSSR count). The van der Waals surface area contributed by atoms with Gasteiger partial charge in [0.1, 0.15) is 0 Å². The van der Waals surface area contributed by atoms with Gasteiger partial charge in [-0.1, -0.05) is 47.5 Å². The molecule has 0 bridgehead atoms. The number of anilines is 2. The highest BCUT2D eigenvalue weighted by Gasteiger charge is 2.12. The number of quaternary nitrogens is 1. The minimum absolute atomic E-state index is 0.120. The van der Waals surface area contributed by atoms with E-state index in [-0.39, 0.29) is 6.42 Å². The lowest BCUT2D eigenvalue weighted by Crippen LogP contribution is -2.51. The van der Waals surface area contributed by atoms with E-state index in [9.17, 15) is 4.79 Å². The van der Waals surface area contributed by atoms with Crippen molar-refractivity contribution in [2.24, 2.45) is 0 Å². The maximum Gasteiger partial charge on any atom is 0.370 e. The Morgan fingerprint density at radius 2 is 1.75 bits per heavy atom. The molecule has 4 nitrogen and oxygen atoms in total. The van der Waals surface area contributed by atoms with Gasteiger partial charge in [-0.3, -0.25) is 4.84 Å². The smallest absolute Gasteiger partial charge is 0.353 e. The Kier molecular flexibility index (Phi) is 4.84. The highest BCUT2D eigenvalue weighted by atomic mass is 35.5. The van der Waals surface area contributed by atoms with Crippen molar-refractivity contribution in [1.82, 2.24) is 0 Å². The van der Waals surface area contributed by atoms with Crippen molar-refractivity contribution in [2.75, 3.05) is 5.32 Å². The zero-order valence-electron chi connectivity index (χ0n) is 10.5. The van der Waals surface area contributed by atoms with Crippen LogP contribution in [0.2, 0.25) is 10.0 Å². The van der Waals surface area contributed by atoms with Gasteiger partial charge in [0.2, 0.25) is 0 Å². The van der Waals surface area contributed by atoms with Gasteiger partial charge >= 0.3 is 5.97 Å². The van der Waals surface area contributed by atoms with Crippen LogP contribution >= 0.6 is 23.2 Å². The predicted octanol–water partition coefficient (Wildman–Crippen LogP) is 2.98. The normalized spacial score (nSPS) is 10.2. The second-order valence-electron chi connectivity index (χ2n) is 4.07.